The smallest absolute Gasteiger partial charge is 0.219 e. The summed E-state index contributed by atoms with van der Waals surface area (Å²) < 4.78 is 0. The van der Waals surface area contributed by atoms with Crippen LogP contribution >= 0.6 is 0 Å². The minimum atomic E-state index is 0.119. The van der Waals surface area contributed by atoms with Gasteiger partial charge in [-0.2, -0.15) is 0 Å². The number of aryl methyl sites for hydroxylation is 1. The summed E-state index contributed by atoms with van der Waals surface area (Å²) in [4.78, 5) is 25.5. The topological polar surface area (TPSA) is 61.4 Å². The molecule has 2 aliphatic heterocycles. The van der Waals surface area contributed by atoms with E-state index < -0.39 is 0 Å². The normalized spacial score (nSPS) is 20.6. The van der Waals surface area contributed by atoms with Gasteiger partial charge < -0.3 is 15.1 Å². The standard InChI is InChI=1S/C21H35N5O/c1-15(2)13-26-11-6-5-7-18(26)8-10-22-21-19-9-12-25(17(4)27)14-20(19)23-16(3)24-21/h15,18H,5-14H2,1-4H3,(H,22,23,24). The minimum Gasteiger partial charge on any atom is -0.370 e. The molecule has 1 amide bonds. The first kappa shape index (κ1) is 20.1. The molecule has 0 saturated carbocycles. The zero-order valence-corrected chi connectivity index (χ0v) is 17.4. The van der Waals surface area contributed by atoms with Gasteiger partial charge in [0, 0.05) is 38.2 Å². The maximum Gasteiger partial charge on any atom is 0.219 e. The molecule has 1 aromatic heterocycles. The number of fused-ring (bicyclic) bond motifs is 1. The molecule has 6 heteroatoms. The van der Waals surface area contributed by atoms with E-state index in [1.54, 1.807) is 6.92 Å². The van der Waals surface area contributed by atoms with Crippen LogP contribution in [0, 0.1) is 12.8 Å². The monoisotopic (exact) mass is 373 g/mol. The summed E-state index contributed by atoms with van der Waals surface area (Å²) in [5.41, 5.74) is 2.20. The number of anilines is 1. The average Bonchev–Trinajstić information content (AvgIpc) is 2.62. The van der Waals surface area contributed by atoms with Crippen molar-refractivity contribution in [3.05, 3.63) is 17.1 Å². The molecule has 1 atom stereocenters. The second-order valence-corrected chi connectivity index (χ2v) is 8.49. The SMILES string of the molecule is CC(=O)N1CCc2c(nc(C)nc2NCCC2CCCCN2CC(C)C)C1. The van der Waals surface area contributed by atoms with E-state index in [9.17, 15) is 4.79 Å². The summed E-state index contributed by atoms with van der Waals surface area (Å²) in [6.45, 7) is 12.9. The van der Waals surface area contributed by atoms with Crippen LogP contribution in [0.2, 0.25) is 0 Å². The summed E-state index contributed by atoms with van der Waals surface area (Å²) in [5.74, 6) is 2.60. The third-order valence-corrected chi connectivity index (χ3v) is 5.74. The van der Waals surface area contributed by atoms with E-state index in [1.807, 2.05) is 11.8 Å². The molecule has 0 radical (unpaired) electrons. The number of nitrogens with zero attached hydrogens (tertiary/aromatic N) is 4. The van der Waals surface area contributed by atoms with Gasteiger partial charge in [0.05, 0.1) is 12.2 Å². The third-order valence-electron chi connectivity index (χ3n) is 5.74. The van der Waals surface area contributed by atoms with Gasteiger partial charge >= 0.3 is 0 Å². The van der Waals surface area contributed by atoms with Crippen molar-refractivity contribution in [1.29, 1.82) is 0 Å². The van der Waals surface area contributed by atoms with E-state index in [0.29, 0.717) is 12.6 Å². The maximum atomic E-state index is 11.7. The highest BCUT2D eigenvalue weighted by molar-refractivity contribution is 5.73. The lowest BCUT2D eigenvalue weighted by Crippen LogP contribution is -2.42. The molecule has 1 unspecified atom stereocenters. The second-order valence-electron chi connectivity index (χ2n) is 8.49. The van der Waals surface area contributed by atoms with Crippen LogP contribution in [0.1, 0.15) is 63.5 Å². The Hall–Kier alpha value is -1.69. The highest BCUT2D eigenvalue weighted by Gasteiger charge is 2.25. The van der Waals surface area contributed by atoms with Gasteiger partial charge in [-0.3, -0.25) is 4.79 Å². The Kier molecular flexibility index (Phi) is 6.68. The Morgan fingerprint density at radius 3 is 2.81 bits per heavy atom. The van der Waals surface area contributed by atoms with Gasteiger partial charge in [0.15, 0.2) is 0 Å². The largest absolute Gasteiger partial charge is 0.370 e. The molecule has 6 nitrogen and oxygen atoms in total. The fourth-order valence-corrected chi connectivity index (χ4v) is 4.42. The lowest BCUT2D eigenvalue weighted by molar-refractivity contribution is -0.129. The predicted octanol–water partition coefficient (Wildman–Crippen LogP) is 3.00. The lowest BCUT2D eigenvalue weighted by atomic mass is 9.98. The minimum absolute atomic E-state index is 0.119. The van der Waals surface area contributed by atoms with Gasteiger partial charge in [0.1, 0.15) is 11.6 Å². The predicted molar refractivity (Wildman–Crippen MR) is 109 cm³/mol. The zero-order valence-electron chi connectivity index (χ0n) is 17.4. The number of aromatic nitrogens is 2. The number of carbonyl (C=O) groups excluding carboxylic acids is 1. The van der Waals surface area contributed by atoms with Gasteiger partial charge in [-0.25, -0.2) is 9.97 Å². The fraction of sp³-hybridized carbons (Fsp3) is 0.762. The lowest BCUT2D eigenvalue weighted by Gasteiger charge is -2.37. The first-order valence-corrected chi connectivity index (χ1v) is 10.5. The van der Waals surface area contributed by atoms with E-state index in [-0.39, 0.29) is 5.91 Å². The summed E-state index contributed by atoms with van der Waals surface area (Å²) in [6, 6.07) is 0.681. The van der Waals surface area contributed by atoms with Crippen LogP contribution < -0.4 is 5.32 Å². The molecular weight excluding hydrogens is 338 g/mol. The van der Waals surface area contributed by atoms with Crippen molar-refractivity contribution in [3.8, 4) is 0 Å². The molecular formula is C21H35N5O. The fourth-order valence-electron chi connectivity index (χ4n) is 4.42. The molecule has 0 bridgehead atoms. The summed E-state index contributed by atoms with van der Waals surface area (Å²) in [6.07, 6.45) is 5.98. The van der Waals surface area contributed by atoms with Crippen LogP contribution in [0.3, 0.4) is 0 Å². The number of hydrogen-bond donors (Lipinski definition) is 1. The van der Waals surface area contributed by atoms with E-state index in [0.717, 1.165) is 49.2 Å². The van der Waals surface area contributed by atoms with Crippen LogP contribution in [0.15, 0.2) is 0 Å². The third kappa shape index (κ3) is 5.18. The molecule has 1 aromatic rings. The zero-order chi connectivity index (χ0) is 19.4. The molecule has 27 heavy (non-hydrogen) atoms. The molecule has 0 aliphatic carbocycles. The molecule has 3 rings (SSSR count). The molecule has 2 aliphatic rings. The molecule has 1 fully saturated rings. The van der Waals surface area contributed by atoms with Gasteiger partial charge in [-0.1, -0.05) is 20.3 Å². The first-order chi connectivity index (χ1) is 12.9. The molecule has 0 spiro atoms. The Labute approximate surface area is 163 Å². The van der Waals surface area contributed by atoms with Crippen LogP contribution in [0.25, 0.3) is 0 Å². The number of nitrogens with one attached hydrogen (secondary N) is 1. The van der Waals surface area contributed by atoms with Crippen molar-refractivity contribution < 1.29 is 4.79 Å². The van der Waals surface area contributed by atoms with Gasteiger partial charge in [0.2, 0.25) is 5.91 Å². The highest BCUT2D eigenvalue weighted by atomic mass is 16.2. The number of rotatable bonds is 6. The van der Waals surface area contributed by atoms with Gasteiger partial charge in [-0.05, 0) is 45.1 Å². The van der Waals surface area contributed by atoms with Crippen molar-refractivity contribution in [3.63, 3.8) is 0 Å². The van der Waals surface area contributed by atoms with E-state index in [2.05, 4.69) is 34.0 Å². The molecule has 0 aromatic carbocycles. The van der Waals surface area contributed by atoms with Crippen molar-refractivity contribution >= 4 is 11.7 Å². The highest BCUT2D eigenvalue weighted by Crippen LogP contribution is 2.25. The Balaban J connectivity index is 1.62. The van der Waals surface area contributed by atoms with Gasteiger partial charge in [-0.15, -0.1) is 0 Å². The van der Waals surface area contributed by atoms with Crippen molar-refractivity contribution in [1.82, 2.24) is 19.8 Å². The van der Waals surface area contributed by atoms with E-state index >= 15 is 0 Å². The van der Waals surface area contributed by atoms with E-state index in [4.69, 9.17) is 0 Å². The quantitative estimate of drug-likeness (QED) is 0.831. The first-order valence-electron chi connectivity index (χ1n) is 10.5. The van der Waals surface area contributed by atoms with E-state index in [1.165, 1.54) is 37.9 Å². The number of hydrogen-bond acceptors (Lipinski definition) is 5. The molecule has 1 saturated heterocycles. The van der Waals surface area contributed by atoms with Gasteiger partial charge in [0.25, 0.3) is 0 Å². The average molecular weight is 374 g/mol. The van der Waals surface area contributed by atoms with Crippen LogP contribution in [-0.2, 0) is 17.8 Å². The van der Waals surface area contributed by atoms with Crippen LogP contribution in [-0.4, -0.2) is 57.9 Å². The van der Waals surface area contributed by atoms with Crippen molar-refractivity contribution in [2.45, 2.75) is 72.4 Å². The Morgan fingerprint density at radius 1 is 1.26 bits per heavy atom. The van der Waals surface area contributed by atoms with Crippen LogP contribution in [0.4, 0.5) is 5.82 Å². The summed E-state index contributed by atoms with van der Waals surface area (Å²) in [5, 5.41) is 3.60. The Bertz CT molecular complexity index is 660. The number of likely N-dealkylation sites (tertiary alicyclic amines) is 1. The second kappa shape index (κ2) is 9.00. The molecule has 3 heterocycles. The number of carbonyl (C=O) groups is 1. The number of piperidine rings is 1. The number of amides is 1. The van der Waals surface area contributed by atoms with Crippen molar-refractivity contribution in [2.75, 3.05) is 31.5 Å². The molecule has 150 valence electrons. The summed E-state index contributed by atoms with van der Waals surface area (Å²) >= 11 is 0. The van der Waals surface area contributed by atoms with Crippen molar-refractivity contribution in [2.24, 2.45) is 5.92 Å². The summed E-state index contributed by atoms with van der Waals surface area (Å²) in [7, 11) is 0. The van der Waals surface area contributed by atoms with Crippen LogP contribution in [0.5, 0.6) is 0 Å². The maximum absolute atomic E-state index is 11.7. The molecule has 1 N–H and O–H groups in total. The Morgan fingerprint density at radius 2 is 2.07 bits per heavy atom.